The Morgan fingerprint density at radius 1 is 1.00 bits per heavy atom. The van der Waals surface area contributed by atoms with Crippen LogP contribution in [-0.4, -0.2) is 30.7 Å². The van der Waals surface area contributed by atoms with E-state index in [0.29, 0.717) is 31.9 Å². The molecule has 0 bridgehead atoms. The Balaban J connectivity index is 1.50. The molecule has 1 aliphatic rings. The van der Waals surface area contributed by atoms with Crippen molar-refractivity contribution in [1.82, 2.24) is 9.21 Å². The van der Waals surface area contributed by atoms with Crippen LogP contribution in [0.2, 0.25) is 0 Å². The molecule has 8 heteroatoms. The third-order valence-electron chi connectivity index (χ3n) is 4.59. The third kappa shape index (κ3) is 4.35. The predicted octanol–water partition coefficient (Wildman–Crippen LogP) is 3.92. The van der Waals surface area contributed by atoms with Crippen molar-refractivity contribution in [2.75, 3.05) is 13.1 Å². The number of hydrogen-bond donors (Lipinski definition) is 0. The van der Waals surface area contributed by atoms with Crippen LogP contribution in [0.15, 0.2) is 62.0 Å². The molecule has 1 aliphatic heterocycles. The molecule has 0 amide bonds. The number of furan rings is 2. The maximum atomic E-state index is 12.7. The van der Waals surface area contributed by atoms with Crippen LogP contribution >= 0.6 is 11.3 Å². The van der Waals surface area contributed by atoms with Gasteiger partial charge in [0.2, 0.25) is 5.09 Å². The summed E-state index contributed by atoms with van der Waals surface area (Å²) in [7, 11) is -3.52. The van der Waals surface area contributed by atoms with E-state index in [1.807, 2.05) is 23.6 Å². The minimum absolute atomic E-state index is 0.0356. The van der Waals surface area contributed by atoms with E-state index < -0.39 is 10.0 Å². The van der Waals surface area contributed by atoms with Crippen LogP contribution in [0.5, 0.6) is 0 Å². The second-order valence-corrected chi connectivity index (χ2v) is 9.54. The maximum absolute atomic E-state index is 12.7. The SMILES string of the molecule is O=S(=O)(c1ccc(CN(Cc2ccco2)Cc2cccs2)o1)N1CCCC1. The molecule has 0 radical (unpaired) electrons. The topological polar surface area (TPSA) is 66.9 Å². The Labute approximate surface area is 163 Å². The highest BCUT2D eigenvalue weighted by Gasteiger charge is 2.30. The van der Waals surface area contributed by atoms with Crippen molar-refractivity contribution in [2.45, 2.75) is 37.6 Å². The summed E-state index contributed by atoms with van der Waals surface area (Å²) in [6.07, 6.45) is 3.47. The summed E-state index contributed by atoms with van der Waals surface area (Å²) in [6.45, 7) is 3.02. The van der Waals surface area contributed by atoms with E-state index in [-0.39, 0.29) is 5.09 Å². The first-order valence-electron chi connectivity index (χ1n) is 8.97. The summed E-state index contributed by atoms with van der Waals surface area (Å²) in [5.41, 5.74) is 0. The quantitative estimate of drug-likeness (QED) is 0.567. The van der Waals surface area contributed by atoms with Crippen molar-refractivity contribution in [1.29, 1.82) is 0 Å². The molecule has 0 aliphatic carbocycles. The van der Waals surface area contributed by atoms with E-state index in [0.717, 1.165) is 25.1 Å². The molecule has 0 aromatic carbocycles. The largest absolute Gasteiger partial charge is 0.468 e. The summed E-state index contributed by atoms with van der Waals surface area (Å²) in [6, 6.07) is 11.2. The van der Waals surface area contributed by atoms with Gasteiger partial charge >= 0.3 is 0 Å². The van der Waals surface area contributed by atoms with E-state index in [1.165, 1.54) is 9.18 Å². The zero-order chi connectivity index (χ0) is 18.7. The van der Waals surface area contributed by atoms with E-state index in [9.17, 15) is 8.42 Å². The van der Waals surface area contributed by atoms with Gasteiger partial charge in [0.1, 0.15) is 11.5 Å². The van der Waals surface area contributed by atoms with E-state index in [1.54, 1.807) is 29.7 Å². The van der Waals surface area contributed by atoms with Crippen LogP contribution in [0, 0.1) is 0 Å². The van der Waals surface area contributed by atoms with Crippen LogP contribution in [0.1, 0.15) is 29.2 Å². The number of thiophene rings is 1. The molecule has 0 N–H and O–H groups in total. The van der Waals surface area contributed by atoms with Gasteiger partial charge in [-0.15, -0.1) is 11.3 Å². The molecule has 3 aromatic rings. The van der Waals surface area contributed by atoms with Gasteiger partial charge in [-0.3, -0.25) is 4.90 Å². The lowest BCUT2D eigenvalue weighted by atomic mass is 10.3. The Morgan fingerprint density at radius 2 is 1.81 bits per heavy atom. The molecule has 3 aromatic heterocycles. The third-order valence-corrected chi connectivity index (χ3v) is 7.23. The van der Waals surface area contributed by atoms with Crippen molar-refractivity contribution in [3.05, 3.63) is 64.4 Å². The zero-order valence-electron chi connectivity index (χ0n) is 14.9. The fourth-order valence-electron chi connectivity index (χ4n) is 3.27. The van der Waals surface area contributed by atoms with E-state index in [4.69, 9.17) is 8.83 Å². The van der Waals surface area contributed by atoms with Crippen LogP contribution in [0.3, 0.4) is 0 Å². The van der Waals surface area contributed by atoms with Crippen LogP contribution in [0.4, 0.5) is 0 Å². The second-order valence-electron chi connectivity index (χ2n) is 6.64. The lowest BCUT2D eigenvalue weighted by molar-refractivity contribution is 0.205. The Morgan fingerprint density at radius 3 is 2.52 bits per heavy atom. The van der Waals surface area contributed by atoms with Gasteiger partial charge in [-0.2, -0.15) is 4.31 Å². The summed E-state index contributed by atoms with van der Waals surface area (Å²) < 4.78 is 38.0. The Kier molecular flexibility index (Phi) is 5.49. The summed E-state index contributed by atoms with van der Waals surface area (Å²) in [5.74, 6) is 1.50. The Bertz CT molecular complexity index is 904. The normalized spacial score (nSPS) is 15.7. The molecule has 144 valence electrons. The van der Waals surface area contributed by atoms with Gasteiger partial charge in [0.15, 0.2) is 0 Å². The summed E-state index contributed by atoms with van der Waals surface area (Å²) >= 11 is 1.70. The maximum Gasteiger partial charge on any atom is 0.276 e. The van der Waals surface area contributed by atoms with Gasteiger partial charge in [-0.25, -0.2) is 8.42 Å². The smallest absolute Gasteiger partial charge is 0.276 e. The molecule has 0 saturated carbocycles. The Hall–Kier alpha value is -1.87. The highest BCUT2D eigenvalue weighted by Crippen LogP contribution is 2.24. The first kappa shape index (κ1) is 18.5. The minimum atomic E-state index is -3.52. The minimum Gasteiger partial charge on any atom is -0.468 e. The summed E-state index contributed by atoms with van der Waals surface area (Å²) in [4.78, 5) is 3.41. The lowest BCUT2D eigenvalue weighted by Gasteiger charge is -2.19. The van der Waals surface area contributed by atoms with Crippen molar-refractivity contribution in [3.8, 4) is 0 Å². The lowest BCUT2D eigenvalue weighted by Crippen LogP contribution is -2.27. The molecule has 4 heterocycles. The average Bonchev–Trinajstić information content (AvgIpc) is 3.43. The molecule has 1 saturated heterocycles. The molecule has 1 fully saturated rings. The molecule has 6 nitrogen and oxygen atoms in total. The van der Waals surface area contributed by atoms with E-state index >= 15 is 0 Å². The van der Waals surface area contributed by atoms with Crippen LogP contribution in [-0.2, 0) is 29.7 Å². The highest BCUT2D eigenvalue weighted by molar-refractivity contribution is 7.89. The highest BCUT2D eigenvalue weighted by atomic mass is 32.2. The van der Waals surface area contributed by atoms with Crippen molar-refractivity contribution < 1.29 is 17.3 Å². The fraction of sp³-hybridized carbons (Fsp3) is 0.368. The van der Waals surface area contributed by atoms with Gasteiger partial charge in [0, 0.05) is 24.5 Å². The average molecular weight is 407 g/mol. The standard InChI is InChI=1S/C19H22N2O4S2/c22-27(23,21-9-1-2-10-21)19-8-7-17(25-19)14-20(13-16-5-3-11-24-16)15-18-6-4-12-26-18/h3-8,11-12H,1-2,9-10,13-15H2. The van der Waals surface area contributed by atoms with Crippen molar-refractivity contribution >= 4 is 21.4 Å². The van der Waals surface area contributed by atoms with Gasteiger partial charge < -0.3 is 8.83 Å². The van der Waals surface area contributed by atoms with Gasteiger partial charge in [0.25, 0.3) is 10.0 Å². The number of nitrogens with zero attached hydrogens (tertiary/aromatic N) is 2. The molecule has 0 atom stereocenters. The predicted molar refractivity (Wildman–Crippen MR) is 103 cm³/mol. The first-order valence-corrected chi connectivity index (χ1v) is 11.3. The molecule has 0 unspecified atom stereocenters. The second kappa shape index (κ2) is 8.02. The summed E-state index contributed by atoms with van der Waals surface area (Å²) in [5, 5.41) is 2.09. The first-order chi connectivity index (χ1) is 13.1. The van der Waals surface area contributed by atoms with Gasteiger partial charge in [-0.05, 0) is 48.6 Å². The zero-order valence-corrected chi connectivity index (χ0v) is 16.5. The van der Waals surface area contributed by atoms with Gasteiger partial charge in [0.05, 0.1) is 19.4 Å². The van der Waals surface area contributed by atoms with Crippen LogP contribution in [0.25, 0.3) is 0 Å². The number of hydrogen-bond acceptors (Lipinski definition) is 6. The molecule has 27 heavy (non-hydrogen) atoms. The van der Waals surface area contributed by atoms with Crippen molar-refractivity contribution in [2.24, 2.45) is 0 Å². The molecule has 4 rings (SSSR count). The van der Waals surface area contributed by atoms with E-state index in [2.05, 4.69) is 11.0 Å². The van der Waals surface area contributed by atoms with Gasteiger partial charge in [-0.1, -0.05) is 6.07 Å². The molecule has 0 spiro atoms. The number of rotatable bonds is 8. The molecular weight excluding hydrogens is 384 g/mol. The monoisotopic (exact) mass is 406 g/mol. The van der Waals surface area contributed by atoms with Crippen molar-refractivity contribution in [3.63, 3.8) is 0 Å². The fourth-order valence-corrected chi connectivity index (χ4v) is 5.46. The number of sulfonamides is 1. The van der Waals surface area contributed by atoms with Crippen LogP contribution < -0.4 is 0 Å². The molecular formula is C19H22N2O4S2.